The standard InChI is InChI=1S/C18H20FNO/c1-13(21)15-7-8-18(17(19)11-15)20-10-9-16(12-20)14-5-3-2-4-6-14/h2-8,11,13,16,21H,9-10,12H2,1H3/t13-,16?/m1/s1. The van der Waals surface area contributed by atoms with E-state index in [0.29, 0.717) is 17.2 Å². The molecule has 0 saturated carbocycles. The van der Waals surface area contributed by atoms with Crippen molar-refractivity contribution < 1.29 is 9.50 Å². The lowest BCUT2D eigenvalue weighted by atomic mass is 9.99. The average molecular weight is 285 g/mol. The first-order valence-corrected chi connectivity index (χ1v) is 7.42. The van der Waals surface area contributed by atoms with Gasteiger partial charge in [0.1, 0.15) is 5.82 Å². The van der Waals surface area contributed by atoms with Crippen molar-refractivity contribution in [2.75, 3.05) is 18.0 Å². The van der Waals surface area contributed by atoms with Crippen LogP contribution in [0.15, 0.2) is 48.5 Å². The Labute approximate surface area is 124 Å². The molecule has 0 bridgehead atoms. The molecule has 1 unspecified atom stereocenters. The van der Waals surface area contributed by atoms with Crippen LogP contribution in [0.25, 0.3) is 0 Å². The third-order valence-electron chi connectivity index (χ3n) is 4.25. The summed E-state index contributed by atoms with van der Waals surface area (Å²) in [6.45, 7) is 3.36. The predicted octanol–water partition coefficient (Wildman–Crippen LogP) is 3.87. The van der Waals surface area contributed by atoms with Crippen molar-refractivity contribution in [3.63, 3.8) is 0 Å². The summed E-state index contributed by atoms with van der Waals surface area (Å²) >= 11 is 0. The molecule has 1 aliphatic rings. The zero-order valence-corrected chi connectivity index (χ0v) is 12.2. The number of anilines is 1. The minimum atomic E-state index is -0.635. The first kappa shape index (κ1) is 14.1. The maximum Gasteiger partial charge on any atom is 0.146 e. The summed E-state index contributed by atoms with van der Waals surface area (Å²) in [7, 11) is 0. The smallest absolute Gasteiger partial charge is 0.146 e. The molecule has 2 atom stereocenters. The van der Waals surface area contributed by atoms with Crippen LogP contribution in [0.4, 0.5) is 10.1 Å². The Morgan fingerprint density at radius 1 is 1.19 bits per heavy atom. The summed E-state index contributed by atoms with van der Waals surface area (Å²) in [5, 5.41) is 9.51. The van der Waals surface area contributed by atoms with Gasteiger partial charge >= 0.3 is 0 Å². The molecule has 3 rings (SSSR count). The molecule has 2 aromatic carbocycles. The van der Waals surface area contributed by atoms with Gasteiger partial charge in [-0.15, -0.1) is 0 Å². The van der Waals surface area contributed by atoms with Gasteiger partial charge in [-0.1, -0.05) is 36.4 Å². The van der Waals surface area contributed by atoms with Crippen LogP contribution in [-0.4, -0.2) is 18.2 Å². The van der Waals surface area contributed by atoms with Gasteiger partial charge in [-0.2, -0.15) is 0 Å². The van der Waals surface area contributed by atoms with Gasteiger partial charge in [0.2, 0.25) is 0 Å². The van der Waals surface area contributed by atoms with Crippen LogP contribution in [0.1, 0.15) is 36.5 Å². The normalized spacial score (nSPS) is 19.8. The Balaban J connectivity index is 1.77. The number of aliphatic hydroxyl groups is 1. The molecule has 1 saturated heterocycles. The molecule has 2 aromatic rings. The van der Waals surface area contributed by atoms with Gasteiger partial charge in [0.05, 0.1) is 11.8 Å². The van der Waals surface area contributed by atoms with Crippen molar-refractivity contribution in [3.05, 3.63) is 65.5 Å². The van der Waals surface area contributed by atoms with Crippen LogP contribution < -0.4 is 4.90 Å². The second-order valence-corrected chi connectivity index (χ2v) is 5.73. The first-order valence-electron chi connectivity index (χ1n) is 7.42. The number of rotatable bonds is 3. The van der Waals surface area contributed by atoms with E-state index in [1.807, 2.05) is 6.07 Å². The number of benzene rings is 2. The fraction of sp³-hybridized carbons (Fsp3) is 0.333. The topological polar surface area (TPSA) is 23.5 Å². The molecule has 21 heavy (non-hydrogen) atoms. The fourth-order valence-corrected chi connectivity index (χ4v) is 3.02. The summed E-state index contributed by atoms with van der Waals surface area (Å²) in [6.07, 6.45) is 0.408. The third-order valence-corrected chi connectivity index (χ3v) is 4.25. The minimum absolute atomic E-state index is 0.248. The highest BCUT2D eigenvalue weighted by atomic mass is 19.1. The second-order valence-electron chi connectivity index (χ2n) is 5.73. The highest BCUT2D eigenvalue weighted by molar-refractivity contribution is 5.51. The molecule has 0 amide bonds. The molecule has 1 heterocycles. The predicted molar refractivity (Wildman–Crippen MR) is 83.0 cm³/mol. The number of hydrogen-bond donors (Lipinski definition) is 1. The van der Waals surface area contributed by atoms with E-state index in [9.17, 15) is 9.50 Å². The van der Waals surface area contributed by atoms with Gasteiger partial charge < -0.3 is 10.0 Å². The van der Waals surface area contributed by atoms with Crippen molar-refractivity contribution in [3.8, 4) is 0 Å². The van der Waals surface area contributed by atoms with Crippen LogP contribution in [0.3, 0.4) is 0 Å². The summed E-state index contributed by atoms with van der Waals surface area (Å²) < 4.78 is 14.2. The molecule has 110 valence electrons. The van der Waals surface area contributed by atoms with Gasteiger partial charge in [0, 0.05) is 19.0 Å². The van der Waals surface area contributed by atoms with Crippen molar-refractivity contribution in [2.45, 2.75) is 25.4 Å². The number of nitrogens with zero attached hydrogens (tertiary/aromatic N) is 1. The van der Waals surface area contributed by atoms with Crippen LogP contribution in [0.5, 0.6) is 0 Å². The molecule has 1 fully saturated rings. The second kappa shape index (κ2) is 5.86. The van der Waals surface area contributed by atoms with Crippen molar-refractivity contribution in [2.24, 2.45) is 0 Å². The molecular formula is C18H20FNO. The number of hydrogen-bond acceptors (Lipinski definition) is 2. The highest BCUT2D eigenvalue weighted by Gasteiger charge is 2.25. The molecule has 2 nitrogen and oxygen atoms in total. The lowest BCUT2D eigenvalue weighted by Crippen LogP contribution is -2.20. The zero-order chi connectivity index (χ0) is 14.8. The van der Waals surface area contributed by atoms with Crippen molar-refractivity contribution in [1.29, 1.82) is 0 Å². The molecule has 0 radical (unpaired) electrons. The molecule has 1 N–H and O–H groups in total. The Hall–Kier alpha value is -1.87. The van der Waals surface area contributed by atoms with Crippen LogP contribution in [0, 0.1) is 5.82 Å². The van der Waals surface area contributed by atoms with Gasteiger partial charge in [-0.25, -0.2) is 4.39 Å². The summed E-state index contributed by atoms with van der Waals surface area (Å²) in [4.78, 5) is 2.10. The highest BCUT2D eigenvalue weighted by Crippen LogP contribution is 2.32. The van der Waals surface area contributed by atoms with Gasteiger partial charge in [-0.05, 0) is 36.6 Å². The van der Waals surface area contributed by atoms with Crippen molar-refractivity contribution >= 4 is 5.69 Å². The molecule has 3 heteroatoms. The minimum Gasteiger partial charge on any atom is -0.389 e. The molecular weight excluding hydrogens is 265 g/mol. The van der Waals surface area contributed by atoms with Crippen LogP contribution in [0.2, 0.25) is 0 Å². The first-order chi connectivity index (χ1) is 10.1. The van der Waals surface area contributed by atoms with E-state index in [-0.39, 0.29) is 5.82 Å². The molecule has 0 aromatic heterocycles. The molecule has 1 aliphatic heterocycles. The monoisotopic (exact) mass is 285 g/mol. The maximum absolute atomic E-state index is 14.2. The van der Waals surface area contributed by atoms with Crippen molar-refractivity contribution in [1.82, 2.24) is 0 Å². The van der Waals surface area contributed by atoms with E-state index in [1.54, 1.807) is 19.1 Å². The lowest BCUT2D eigenvalue weighted by Gasteiger charge is -2.20. The average Bonchev–Trinajstić information content (AvgIpc) is 2.97. The lowest BCUT2D eigenvalue weighted by molar-refractivity contribution is 0.199. The molecule has 0 spiro atoms. The summed E-state index contributed by atoms with van der Waals surface area (Å²) in [6, 6.07) is 15.4. The third kappa shape index (κ3) is 2.93. The largest absolute Gasteiger partial charge is 0.389 e. The van der Waals surface area contributed by atoms with Gasteiger partial charge in [0.15, 0.2) is 0 Å². The van der Waals surface area contributed by atoms with E-state index < -0.39 is 6.10 Å². The SMILES string of the molecule is C[C@@H](O)c1ccc(N2CCC(c3ccccc3)C2)c(F)c1. The van der Waals surface area contributed by atoms with E-state index >= 15 is 0 Å². The number of aliphatic hydroxyl groups excluding tert-OH is 1. The van der Waals surface area contributed by atoms with Gasteiger partial charge in [-0.3, -0.25) is 0 Å². The van der Waals surface area contributed by atoms with E-state index in [0.717, 1.165) is 19.5 Å². The van der Waals surface area contributed by atoms with E-state index in [2.05, 4.69) is 29.2 Å². The van der Waals surface area contributed by atoms with E-state index in [1.165, 1.54) is 11.6 Å². The zero-order valence-electron chi connectivity index (χ0n) is 12.2. The Bertz CT molecular complexity index is 612. The Kier molecular flexibility index (Phi) is 3.93. The Morgan fingerprint density at radius 2 is 1.95 bits per heavy atom. The maximum atomic E-state index is 14.2. The van der Waals surface area contributed by atoms with Crippen LogP contribution in [-0.2, 0) is 0 Å². The van der Waals surface area contributed by atoms with Crippen LogP contribution >= 0.6 is 0 Å². The fourth-order valence-electron chi connectivity index (χ4n) is 3.02. The van der Waals surface area contributed by atoms with E-state index in [4.69, 9.17) is 0 Å². The molecule has 0 aliphatic carbocycles. The summed E-state index contributed by atoms with van der Waals surface area (Å²) in [5.74, 6) is 0.212. The Morgan fingerprint density at radius 3 is 2.62 bits per heavy atom. The van der Waals surface area contributed by atoms with Gasteiger partial charge in [0.25, 0.3) is 0 Å². The quantitative estimate of drug-likeness (QED) is 0.925. The summed E-state index contributed by atoms with van der Waals surface area (Å²) in [5.41, 5.74) is 2.58. The number of halogens is 1.